The number of amides is 4. The molecule has 0 bridgehead atoms. The Balaban J connectivity index is 1.57. The van der Waals surface area contributed by atoms with Crippen LogP contribution >= 0.6 is 0 Å². The van der Waals surface area contributed by atoms with Crippen LogP contribution in [0.3, 0.4) is 0 Å². The number of Topliss-reactive ketones (excluding diaryl/α,β-unsaturated/α-hetero) is 1. The molecule has 1 aromatic rings. The zero-order valence-electron chi connectivity index (χ0n) is 16.3. The molecule has 154 valence electrons. The number of carbonyl (C=O) groups excluding carboxylic acids is 5. The summed E-state index contributed by atoms with van der Waals surface area (Å²) >= 11 is 0. The van der Waals surface area contributed by atoms with Crippen molar-refractivity contribution in [3.8, 4) is 0 Å². The summed E-state index contributed by atoms with van der Waals surface area (Å²) in [7, 11) is 0. The minimum absolute atomic E-state index is 0.230. The second-order valence-corrected chi connectivity index (χ2v) is 7.37. The molecule has 9 heteroatoms. The van der Waals surface area contributed by atoms with Gasteiger partial charge in [-0.3, -0.25) is 24.1 Å². The number of hydrogen-bond donors (Lipinski definition) is 2. The van der Waals surface area contributed by atoms with E-state index in [1.54, 1.807) is 12.1 Å². The molecule has 3 rings (SSSR count). The van der Waals surface area contributed by atoms with E-state index >= 15 is 0 Å². The van der Waals surface area contributed by atoms with Gasteiger partial charge in [0.05, 0.1) is 0 Å². The molecular formula is C20H23N3O6. The predicted octanol–water partition coefficient (Wildman–Crippen LogP) is 1.62. The molecule has 2 N–H and O–H groups in total. The molecule has 1 heterocycles. The second-order valence-electron chi connectivity index (χ2n) is 7.37. The number of carbonyl (C=O) groups is 5. The van der Waals surface area contributed by atoms with E-state index < -0.39 is 41.9 Å². The molecule has 29 heavy (non-hydrogen) atoms. The highest BCUT2D eigenvalue weighted by Gasteiger charge is 2.52. The summed E-state index contributed by atoms with van der Waals surface area (Å²) in [6, 6.07) is 5.55. The minimum atomic E-state index is -1.09. The highest BCUT2D eigenvalue weighted by molar-refractivity contribution is 6.09. The van der Waals surface area contributed by atoms with Gasteiger partial charge in [0.15, 0.2) is 6.10 Å². The molecule has 1 saturated heterocycles. The van der Waals surface area contributed by atoms with Crippen LogP contribution in [0.15, 0.2) is 24.3 Å². The molecule has 9 nitrogen and oxygen atoms in total. The van der Waals surface area contributed by atoms with Crippen molar-refractivity contribution < 1.29 is 28.7 Å². The molecule has 0 aromatic heterocycles. The fourth-order valence-corrected chi connectivity index (χ4v) is 3.71. The number of nitrogens with zero attached hydrogens (tertiary/aromatic N) is 1. The average Bonchev–Trinajstić information content (AvgIpc) is 3.22. The number of benzene rings is 1. The SMILES string of the molecule is CC(=O)Nc1ccc(C(=O)[C@@H](C)OC(=O)CN2C(=O)NC3(CCCC3)C2=O)cc1. The van der Waals surface area contributed by atoms with Gasteiger partial charge in [0.1, 0.15) is 12.1 Å². The lowest BCUT2D eigenvalue weighted by atomic mass is 9.98. The van der Waals surface area contributed by atoms with Gasteiger partial charge in [-0.1, -0.05) is 12.8 Å². The zero-order chi connectivity index (χ0) is 21.2. The van der Waals surface area contributed by atoms with Gasteiger partial charge in [-0.25, -0.2) is 4.79 Å². The van der Waals surface area contributed by atoms with Crippen molar-refractivity contribution in [3.05, 3.63) is 29.8 Å². The van der Waals surface area contributed by atoms with E-state index in [0.717, 1.165) is 17.7 Å². The molecule has 1 aliphatic heterocycles. The number of rotatable bonds is 6. The summed E-state index contributed by atoms with van der Waals surface area (Å²) in [4.78, 5) is 61.3. The van der Waals surface area contributed by atoms with Crippen LogP contribution in [0.5, 0.6) is 0 Å². The van der Waals surface area contributed by atoms with Crippen molar-refractivity contribution in [1.82, 2.24) is 10.2 Å². The van der Waals surface area contributed by atoms with E-state index in [1.165, 1.54) is 26.0 Å². The molecule has 1 atom stereocenters. The van der Waals surface area contributed by atoms with Crippen LogP contribution in [0.4, 0.5) is 10.5 Å². The number of hydrogen-bond acceptors (Lipinski definition) is 6. The highest BCUT2D eigenvalue weighted by atomic mass is 16.5. The smallest absolute Gasteiger partial charge is 0.326 e. The normalized spacial score (nSPS) is 18.5. The minimum Gasteiger partial charge on any atom is -0.453 e. The number of imide groups is 1. The van der Waals surface area contributed by atoms with Crippen LogP contribution in [0.2, 0.25) is 0 Å². The van der Waals surface area contributed by atoms with Gasteiger partial charge in [-0.2, -0.15) is 0 Å². The topological polar surface area (TPSA) is 122 Å². The first-order valence-corrected chi connectivity index (χ1v) is 9.47. The first-order chi connectivity index (χ1) is 13.7. The maximum atomic E-state index is 12.6. The average molecular weight is 401 g/mol. The largest absolute Gasteiger partial charge is 0.453 e. The summed E-state index contributed by atoms with van der Waals surface area (Å²) in [6.07, 6.45) is 1.72. The van der Waals surface area contributed by atoms with Crippen LogP contribution in [0, 0.1) is 0 Å². The summed E-state index contributed by atoms with van der Waals surface area (Å²) in [6.45, 7) is 2.26. The van der Waals surface area contributed by atoms with Gasteiger partial charge in [0.2, 0.25) is 11.7 Å². The van der Waals surface area contributed by atoms with Crippen LogP contribution in [0.1, 0.15) is 49.9 Å². The van der Waals surface area contributed by atoms with E-state index in [-0.39, 0.29) is 5.91 Å². The molecule has 0 unspecified atom stereocenters. The molecule has 2 fully saturated rings. The zero-order valence-corrected chi connectivity index (χ0v) is 16.3. The summed E-state index contributed by atoms with van der Waals surface area (Å²) in [5.41, 5.74) is -0.0496. The second kappa shape index (κ2) is 8.02. The Morgan fingerprint density at radius 2 is 1.79 bits per heavy atom. The first kappa shape index (κ1) is 20.5. The Morgan fingerprint density at radius 1 is 1.17 bits per heavy atom. The van der Waals surface area contributed by atoms with Crippen molar-refractivity contribution in [2.24, 2.45) is 0 Å². The number of urea groups is 1. The molecule has 2 aliphatic rings. The van der Waals surface area contributed by atoms with Crippen molar-refractivity contribution in [1.29, 1.82) is 0 Å². The molecule has 1 saturated carbocycles. The Hall–Kier alpha value is -3.23. The summed E-state index contributed by atoms with van der Waals surface area (Å²) in [5.74, 6) is -1.91. The van der Waals surface area contributed by atoms with Crippen LogP contribution in [-0.4, -0.2) is 52.7 Å². The van der Waals surface area contributed by atoms with Crippen molar-refractivity contribution in [2.45, 2.75) is 51.2 Å². The van der Waals surface area contributed by atoms with Crippen molar-refractivity contribution in [2.75, 3.05) is 11.9 Å². The maximum absolute atomic E-state index is 12.6. The lowest BCUT2D eigenvalue weighted by Gasteiger charge is -2.20. The lowest BCUT2D eigenvalue weighted by molar-refractivity contribution is -0.149. The first-order valence-electron chi connectivity index (χ1n) is 9.47. The summed E-state index contributed by atoms with van der Waals surface area (Å²) < 4.78 is 5.14. The number of ketones is 1. The van der Waals surface area contributed by atoms with E-state index in [2.05, 4.69) is 10.6 Å². The number of ether oxygens (including phenoxy) is 1. The third-order valence-electron chi connectivity index (χ3n) is 5.16. The number of nitrogens with one attached hydrogen (secondary N) is 2. The van der Waals surface area contributed by atoms with E-state index in [1.807, 2.05) is 0 Å². The van der Waals surface area contributed by atoms with Crippen molar-refractivity contribution in [3.63, 3.8) is 0 Å². The molecule has 1 aromatic carbocycles. The standard InChI is InChI=1S/C20H23N3O6/c1-12(17(26)14-5-7-15(8-6-14)21-13(2)24)29-16(25)11-23-18(27)20(22-19(23)28)9-3-4-10-20/h5-8,12H,3-4,9-11H2,1-2H3,(H,21,24)(H,22,28)/t12-/m1/s1. The maximum Gasteiger partial charge on any atom is 0.326 e. The fourth-order valence-electron chi connectivity index (χ4n) is 3.71. The quantitative estimate of drug-likeness (QED) is 0.424. The molecule has 4 amide bonds. The van der Waals surface area contributed by atoms with Crippen molar-refractivity contribution >= 4 is 35.3 Å². The lowest BCUT2D eigenvalue weighted by Crippen LogP contribution is -2.44. The third-order valence-corrected chi connectivity index (χ3v) is 5.16. The predicted molar refractivity (Wildman–Crippen MR) is 102 cm³/mol. The number of esters is 1. The van der Waals surface area contributed by atoms with Crippen LogP contribution in [-0.2, 0) is 19.1 Å². The van der Waals surface area contributed by atoms with E-state index in [0.29, 0.717) is 24.1 Å². The van der Waals surface area contributed by atoms with Gasteiger partial charge in [0, 0.05) is 18.2 Å². The Labute approximate surface area is 167 Å². The van der Waals surface area contributed by atoms with E-state index in [9.17, 15) is 24.0 Å². The van der Waals surface area contributed by atoms with Gasteiger partial charge < -0.3 is 15.4 Å². The highest BCUT2D eigenvalue weighted by Crippen LogP contribution is 2.34. The molecular weight excluding hydrogens is 378 g/mol. The van der Waals surface area contributed by atoms with Gasteiger partial charge >= 0.3 is 12.0 Å². The van der Waals surface area contributed by atoms with Crippen LogP contribution < -0.4 is 10.6 Å². The molecule has 1 aliphatic carbocycles. The third kappa shape index (κ3) is 4.28. The Kier molecular flexibility index (Phi) is 5.67. The fraction of sp³-hybridized carbons (Fsp3) is 0.450. The molecule has 0 radical (unpaired) electrons. The van der Waals surface area contributed by atoms with Crippen LogP contribution in [0.25, 0.3) is 0 Å². The van der Waals surface area contributed by atoms with Gasteiger partial charge in [-0.05, 0) is 44.0 Å². The van der Waals surface area contributed by atoms with Gasteiger partial charge in [0.25, 0.3) is 5.91 Å². The molecule has 1 spiro atoms. The van der Waals surface area contributed by atoms with E-state index in [4.69, 9.17) is 4.74 Å². The monoisotopic (exact) mass is 401 g/mol. The number of anilines is 1. The Bertz CT molecular complexity index is 857. The van der Waals surface area contributed by atoms with Gasteiger partial charge in [-0.15, -0.1) is 0 Å². The summed E-state index contributed by atoms with van der Waals surface area (Å²) in [5, 5.41) is 5.28. The Morgan fingerprint density at radius 3 is 2.38 bits per heavy atom.